The SMILES string of the molecule is CC(C)C(=O)CCNC(=O)c1ccc(C#N)c(S(C)(=O)=O)n1. The van der Waals surface area contributed by atoms with Crippen LogP contribution in [0.15, 0.2) is 17.2 Å². The summed E-state index contributed by atoms with van der Waals surface area (Å²) in [4.78, 5) is 27.1. The van der Waals surface area contributed by atoms with Gasteiger partial charge >= 0.3 is 0 Å². The highest BCUT2D eigenvalue weighted by atomic mass is 32.2. The fraction of sp³-hybridized carbons (Fsp3) is 0.429. The van der Waals surface area contributed by atoms with E-state index in [0.29, 0.717) is 0 Å². The number of aromatic nitrogens is 1. The average Bonchev–Trinajstić information content (AvgIpc) is 2.45. The molecule has 1 aromatic heterocycles. The van der Waals surface area contributed by atoms with Gasteiger partial charge in [-0.1, -0.05) is 13.8 Å². The van der Waals surface area contributed by atoms with Gasteiger partial charge < -0.3 is 5.32 Å². The second kappa shape index (κ2) is 7.13. The van der Waals surface area contributed by atoms with Crippen molar-refractivity contribution in [3.63, 3.8) is 0 Å². The molecule has 1 rings (SSSR count). The van der Waals surface area contributed by atoms with Crippen molar-refractivity contribution in [1.29, 1.82) is 5.26 Å². The lowest BCUT2D eigenvalue weighted by Crippen LogP contribution is -2.28. The van der Waals surface area contributed by atoms with Crippen molar-refractivity contribution in [2.24, 2.45) is 5.92 Å². The number of hydrogen-bond donors (Lipinski definition) is 1. The zero-order valence-electron chi connectivity index (χ0n) is 12.6. The molecule has 0 unspecified atom stereocenters. The van der Waals surface area contributed by atoms with E-state index in [9.17, 15) is 18.0 Å². The van der Waals surface area contributed by atoms with Crippen molar-refractivity contribution in [1.82, 2.24) is 10.3 Å². The maximum atomic E-state index is 11.9. The number of pyridine rings is 1. The van der Waals surface area contributed by atoms with E-state index in [2.05, 4.69) is 10.3 Å². The number of carbonyl (C=O) groups is 2. The van der Waals surface area contributed by atoms with Crippen LogP contribution < -0.4 is 5.32 Å². The second-order valence-electron chi connectivity index (χ2n) is 5.06. The number of carbonyl (C=O) groups excluding carboxylic acids is 2. The Bertz CT molecular complexity index is 733. The minimum absolute atomic E-state index is 0.0184. The zero-order valence-corrected chi connectivity index (χ0v) is 13.4. The van der Waals surface area contributed by atoms with Gasteiger partial charge in [-0.3, -0.25) is 9.59 Å². The van der Waals surface area contributed by atoms with Gasteiger partial charge in [-0.25, -0.2) is 13.4 Å². The van der Waals surface area contributed by atoms with E-state index in [4.69, 9.17) is 5.26 Å². The molecular weight excluding hydrogens is 306 g/mol. The molecule has 0 bridgehead atoms. The number of rotatable bonds is 6. The van der Waals surface area contributed by atoms with E-state index < -0.39 is 20.8 Å². The second-order valence-corrected chi connectivity index (χ2v) is 6.99. The number of sulfone groups is 1. The fourth-order valence-corrected chi connectivity index (χ4v) is 2.39. The van der Waals surface area contributed by atoms with Gasteiger partial charge in [-0.05, 0) is 12.1 Å². The number of ketones is 1. The molecule has 0 atom stereocenters. The first kappa shape index (κ1) is 17.8. The van der Waals surface area contributed by atoms with Crippen molar-refractivity contribution >= 4 is 21.5 Å². The third-order valence-electron chi connectivity index (χ3n) is 2.87. The summed E-state index contributed by atoms with van der Waals surface area (Å²) in [5, 5.41) is 10.9. The van der Waals surface area contributed by atoms with Gasteiger partial charge in [0.2, 0.25) is 0 Å². The Morgan fingerprint density at radius 1 is 1.36 bits per heavy atom. The number of hydrogen-bond acceptors (Lipinski definition) is 6. The van der Waals surface area contributed by atoms with E-state index in [1.54, 1.807) is 19.9 Å². The third kappa shape index (κ3) is 4.63. The summed E-state index contributed by atoms with van der Waals surface area (Å²) < 4.78 is 23.2. The predicted molar refractivity (Wildman–Crippen MR) is 78.9 cm³/mol. The highest BCUT2D eigenvalue weighted by Crippen LogP contribution is 2.13. The molecule has 0 fully saturated rings. The van der Waals surface area contributed by atoms with Crippen LogP contribution in [0.4, 0.5) is 0 Å². The van der Waals surface area contributed by atoms with Crippen molar-refractivity contribution in [3.8, 4) is 6.07 Å². The molecule has 22 heavy (non-hydrogen) atoms. The van der Waals surface area contributed by atoms with Crippen molar-refractivity contribution in [2.75, 3.05) is 12.8 Å². The first-order valence-corrected chi connectivity index (χ1v) is 8.48. The summed E-state index contributed by atoms with van der Waals surface area (Å²) in [5.41, 5.74) is -0.231. The Morgan fingerprint density at radius 3 is 2.50 bits per heavy atom. The largest absolute Gasteiger partial charge is 0.350 e. The molecule has 7 nitrogen and oxygen atoms in total. The standard InChI is InChI=1S/C14H17N3O4S/c1-9(2)12(18)6-7-16-13(19)11-5-4-10(8-15)14(17-11)22(3,20)21/h4-5,9H,6-7H2,1-3H3,(H,16,19). The first-order valence-electron chi connectivity index (χ1n) is 6.59. The highest BCUT2D eigenvalue weighted by molar-refractivity contribution is 7.90. The lowest BCUT2D eigenvalue weighted by atomic mass is 10.1. The molecule has 0 aliphatic heterocycles. The molecule has 118 valence electrons. The molecule has 1 amide bonds. The number of amides is 1. The molecule has 0 saturated carbocycles. The van der Waals surface area contributed by atoms with E-state index in [1.165, 1.54) is 12.1 Å². The van der Waals surface area contributed by atoms with Crippen LogP contribution in [-0.4, -0.2) is 37.9 Å². The topological polar surface area (TPSA) is 117 Å². The Labute approximate surface area is 129 Å². The van der Waals surface area contributed by atoms with E-state index >= 15 is 0 Å². The Morgan fingerprint density at radius 2 is 2.00 bits per heavy atom. The minimum Gasteiger partial charge on any atom is -0.350 e. The van der Waals surface area contributed by atoms with Crippen LogP contribution >= 0.6 is 0 Å². The van der Waals surface area contributed by atoms with Crippen LogP contribution in [0.2, 0.25) is 0 Å². The molecule has 0 radical (unpaired) electrons. The monoisotopic (exact) mass is 323 g/mol. The van der Waals surface area contributed by atoms with Gasteiger partial charge in [0.25, 0.3) is 5.91 Å². The fourth-order valence-electron chi connectivity index (χ4n) is 1.61. The number of nitrogens with one attached hydrogen (secondary N) is 1. The quantitative estimate of drug-likeness (QED) is 0.823. The van der Waals surface area contributed by atoms with Crippen LogP contribution in [0.3, 0.4) is 0 Å². The van der Waals surface area contributed by atoms with Crippen LogP contribution in [0, 0.1) is 17.2 Å². The molecule has 8 heteroatoms. The molecule has 0 aliphatic carbocycles. The van der Waals surface area contributed by atoms with Gasteiger partial charge in [0.1, 0.15) is 17.5 Å². The van der Waals surface area contributed by atoms with Gasteiger partial charge in [0.15, 0.2) is 14.9 Å². The number of nitriles is 1. The molecule has 1 N–H and O–H groups in total. The van der Waals surface area contributed by atoms with Crippen molar-refractivity contribution < 1.29 is 18.0 Å². The summed E-state index contributed by atoms with van der Waals surface area (Å²) >= 11 is 0. The van der Waals surface area contributed by atoms with E-state index in [0.717, 1.165) is 6.26 Å². The average molecular weight is 323 g/mol. The van der Waals surface area contributed by atoms with Gasteiger partial charge in [0, 0.05) is 25.1 Å². The molecule has 1 aromatic rings. The summed E-state index contributed by atoms with van der Waals surface area (Å²) in [6, 6.07) is 4.23. The van der Waals surface area contributed by atoms with E-state index in [1.807, 2.05) is 0 Å². The lowest BCUT2D eigenvalue weighted by Gasteiger charge is -2.07. The van der Waals surface area contributed by atoms with Crippen LogP contribution in [0.1, 0.15) is 36.3 Å². The summed E-state index contributed by atoms with van der Waals surface area (Å²) in [6.45, 7) is 3.68. The molecule has 0 saturated heterocycles. The predicted octanol–water partition coefficient (Wildman–Crippen LogP) is 0.702. The molecular formula is C14H17N3O4S. The Balaban J connectivity index is 2.88. The number of nitrogens with zero attached hydrogens (tertiary/aromatic N) is 2. The lowest BCUT2D eigenvalue weighted by molar-refractivity contribution is -0.121. The number of Topliss-reactive ketones (excluding diaryl/α,β-unsaturated/α-hetero) is 1. The van der Waals surface area contributed by atoms with Gasteiger partial charge in [0.05, 0.1) is 5.56 Å². The third-order valence-corrected chi connectivity index (χ3v) is 3.88. The molecule has 0 aromatic carbocycles. The maximum absolute atomic E-state index is 11.9. The van der Waals surface area contributed by atoms with Crippen LogP contribution in [0.25, 0.3) is 0 Å². The van der Waals surface area contributed by atoms with Crippen LogP contribution in [-0.2, 0) is 14.6 Å². The first-order chi connectivity index (χ1) is 10.2. The maximum Gasteiger partial charge on any atom is 0.269 e. The summed E-state index contributed by atoms with van der Waals surface area (Å²) in [6.07, 6.45) is 1.11. The minimum atomic E-state index is -3.71. The van der Waals surface area contributed by atoms with E-state index in [-0.39, 0.29) is 35.9 Å². The van der Waals surface area contributed by atoms with Gasteiger partial charge in [-0.15, -0.1) is 0 Å². The zero-order chi connectivity index (χ0) is 16.9. The van der Waals surface area contributed by atoms with Gasteiger partial charge in [-0.2, -0.15) is 5.26 Å². The molecule has 0 aliphatic rings. The summed E-state index contributed by atoms with van der Waals surface area (Å²) in [5.74, 6) is -0.683. The van der Waals surface area contributed by atoms with Crippen molar-refractivity contribution in [2.45, 2.75) is 25.3 Å². The normalized spacial score (nSPS) is 11.0. The Kier molecular flexibility index (Phi) is 5.77. The van der Waals surface area contributed by atoms with Crippen molar-refractivity contribution in [3.05, 3.63) is 23.4 Å². The highest BCUT2D eigenvalue weighted by Gasteiger charge is 2.18. The van der Waals surface area contributed by atoms with Crippen LogP contribution in [0.5, 0.6) is 0 Å². The molecule has 0 spiro atoms. The summed E-state index contributed by atoms with van der Waals surface area (Å²) in [7, 11) is -3.71. The molecule has 1 heterocycles. The Hall–Kier alpha value is -2.27. The smallest absolute Gasteiger partial charge is 0.269 e.